The van der Waals surface area contributed by atoms with Gasteiger partial charge in [0.15, 0.2) is 0 Å². The lowest BCUT2D eigenvalue weighted by atomic mass is 10.0. The lowest BCUT2D eigenvalue weighted by Gasteiger charge is -2.20. The van der Waals surface area contributed by atoms with Gasteiger partial charge in [-0.2, -0.15) is 0 Å². The molecule has 0 saturated heterocycles. The number of ketones is 1. The third-order valence-corrected chi connectivity index (χ3v) is 3.47. The molecule has 3 N–H and O–H groups in total. The molecule has 0 fully saturated rings. The van der Waals surface area contributed by atoms with Crippen molar-refractivity contribution >= 4 is 39.3 Å². The summed E-state index contributed by atoms with van der Waals surface area (Å²) in [4.78, 5) is 35.1. The minimum atomic E-state index is -0.690. The van der Waals surface area contributed by atoms with E-state index in [2.05, 4.69) is 31.9 Å². The van der Waals surface area contributed by atoms with Crippen molar-refractivity contribution in [2.45, 2.75) is 33.2 Å². The van der Waals surface area contributed by atoms with Gasteiger partial charge in [0, 0.05) is 10.2 Å². The maximum Gasteiger partial charge on any atom is 0.319 e. The summed E-state index contributed by atoms with van der Waals surface area (Å²) >= 11 is 3.32. The number of carbonyl (C=O) groups excluding carboxylic acids is 3. The maximum absolute atomic E-state index is 12.1. The summed E-state index contributed by atoms with van der Waals surface area (Å²) in [5.41, 5.74) is 0.623. The van der Waals surface area contributed by atoms with E-state index < -0.39 is 12.1 Å². The second kappa shape index (κ2) is 9.29. The van der Waals surface area contributed by atoms with Gasteiger partial charge in [-0.05, 0) is 43.5 Å². The fourth-order valence-electron chi connectivity index (χ4n) is 1.90. The normalized spacial score (nSPS) is 11.7. The third-order valence-electron chi connectivity index (χ3n) is 2.94. The monoisotopic (exact) mass is 383 g/mol. The summed E-state index contributed by atoms with van der Waals surface area (Å²) in [6, 6.07) is 5.95. The van der Waals surface area contributed by atoms with Crippen LogP contribution in [-0.4, -0.2) is 30.3 Å². The molecule has 1 aromatic rings. The summed E-state index contributed by atoms with van der Waals surface area (Å²) in [6.45, 7) is 5.27. The fraction of sp³-hybridized carbons (Fsp3) is 0.438. The maximum atomic E-state index is 12.1. The first-order valence-corrected chi connectivity index (χ1v) is 8.17. The first-order chi connectivity index (χ1) is 10.8. The van der Waals surface area contributed by atoms with Crippen LogP contribution in [0.25, 0.3) is 0 Å². The molecule has 6 nitrogen and oxygen atoms in total. The van der Waals surface area contributed by atoms with Gasteiger partial charge in [-0.25, -0.2) is 4.79 Å². The second-order valence-corrected chi connectivity index (χ2v) is 6.62. The van der Waals surface area contributed by atoms with Gasteiger partial charge in [0.25, 0.3) is 0 Å². The molecule has 126 valence electrons. The van der Waals surface area contributed by atoms with Crippen molar-refractivity contribution < 1.29 is 14.4 Å². The molecule has 1 rings (SSSR count). The highest BCUT2D eigenvalue weighted by atomic mass is 79.9. The van der Waals surface area contributed by atoms with Crippen LogP contribution in [0.5, 0.6) is 0 Å². The third kappa shape index (κ3) is 7.78. The molecule has 0 radical (unpaired) electrons. The Bertz CT molecular complexity index is 558. The van der Waals surface area contributed by atoms with Gasteiger partial charge in [-0.15, -0.1) is 0 Å². The Morgan fingerprint density at radius 2 is 1.74 bits per heavy atom. The quantitative estimate of drug-likeness (QED) is 0.676. The molecule has 0 aliphatic rings. The standard InChI is InChI=1S/C16H22BrN3O3/c1-10(2)8-14(15(22)18-9-11(3)21)20-16(23)19-13-6-4-12(17)5-7-13/h4-7,10,14H,8-9H2,1-3H3,(H,18,22)(H2,19,20,23). The van der Waals surface area contributed by atoms with Gasteiger partial charge in [-0.3, -0.25) is 9.59 Å². The number of amides is 3. The smallest absolute Gasteiger partial charge is 0.319 e. The fourth-order valence-corrected chi connectivity index (χ4v) is 2.16. The number of rotatable bonds is 7. The number of Topliss-reactive ketones (excluding diaryl/α,β-unsaturated/α-hetero) is 1. The first kappa shape index (κ1) is 19.2. The predicted molar refractivity (Wildman–Crippen MR) is 93.2 cm³/mol. The highest BCUT2D eigenvalue weighted by Gasteiger charge is 2.22. The Morgan fingerprint density at radius 3 is 2.26 bits per heavy atom. The molecule has 3 amide bonds. The van der Waals surface area contributed by atoms with Crippen molar-refractivity contribution in [2.24, 2.45) is 5.92 Å². The minimum Gasteiger partial charge on any atom is -0.347 e. The van der Waals surface area contributed by atoms with Gasteiger partial charge in [0.1, 0.15) is 11.8 Å². The van der Waals surface area contributed by atoms with Crippen LogP contribution in [0.4, 0.5) is 10.5 Å². The van der Waals surface area contributed by atoms with Gasteiger partial charge >= 0.3 is 6.03 Å². The summed E-state index contributed by atoms with van der Waals surface area (Å²) in [6.07, 6.45) is 0.484. The number of halogens is 1. The molecular formula is C16H22BrN3O3. The molecule has 23 heavy (non-hydrogen) atoms. The molecule has 1 aromatic carbocycles. The largest absolute Gasteiger partial charge is 0.347 e. The van der Waals surface area contributed by atoms with E-state index in [0.29, 0.717) is 12.1 Å². The SMILES string of the molecule is CC(=O)CNC(=O)C(CC(C)C)NC(=O)Nc1ccc(Br)cc1. The van der Waals surface area contributed by atoms with E-state index in [0.717, 1.165) is 4.47 Å². The molecule has 0 bridgehead atoms. The number of hydrogen-bond acceptors (Lipinski definition) is 3. The molecular weight excluding hydrogens is 362 g/mol. The van der Waals surface area contributed by atoms with E-state index in [-0.39, 0.29) is 24.2 Å². The Balaban J connectivity index is 2.64. The van der Waals surface area contributed by atoms with E-state index in [9.17, 15) is 14.4 Å². The topological polar surface area (TPSA) is 87.3 Å². The zero-order valence-electron chi connectivity index (χ0n) is 13.5. The Kier molecular flexibility index (Phi) is 7.74. The molecule has 7 heteroatoms. The number of hydrogen-bond donors (Lipinski definition) is 3. The lowest BCUT2D eigenvalue weighted by molar-refractivity contribution is -0.126. The van der Waals surface area contributed by atoms with Crippen LogP contribution >= 0.6 is 15.9 Å². The van der Waals surface area contributed by atoms with Crippen molar-refractivity contribution in [1.82, 2.24) is 10.6 Å². The minimum absolute atomic E-state index is 0.0383. The van der Waals surface area contributed by atoms with Gasteiger partial charge in [-0.1, -0.05) is 29.8 Å². The summed E-state index contributed by atoms with van der Waals surface area (Å²) in [5.74, 6) is -0.281. The van der Waals surface area contributed by atoms with Crippen molar-refractivity contribution in [2.75, 3.05) is 11.9 Å². The number of carbonyl (C=O) groups is 3. The number of urea groups is 1. The van der Waals surface area contributed by atoms with Crippen LogP contribution < -0.4 is 16.0 Å². The average Bonchev–Trinajstić information content (AvgIpc) is 2.46. The second-order valence-electron chi connectivity index (χ2n) is 5.71. The molecule has 1 atom stereocenters. The van der Waals surface area contributed by atoms with E-state index >= 15 is 0 Å². The van der Waals surface area contributed by atoms with Crippen LogP contribution in [0, 0.1) is 5.92 Å². The van der Waals surface area contributed by atoms with E-state index in [4.69, 9.17) is 0 Å². The molecule has 0 aliphatic heterocycles. The molecule has 1 unspecified atom stereocenters. The highest BCUT2D eigenvalue weighted by molar-refractivity contribution is 9.10. The van der Waals surface area contributed by atoms with Gasteiger partial charge < -0.3 is 16.0 Å². The van der Waals surface area contributed by atoms with Crippen LogP contribution in [0.2, 0.25) is 0 Å². The average molecular weight is 384 g/mol. The molecule has 0 saturated carbocycles. The van der Waals surface area contributed by atoms with E-state index in [1.807, 2.05) is 13.8 Å². The van der Waals surface area contributed by atoms with E-state index in [1.165, 1.54) is 6.92 Å². The zero-order valence-corrected chi connectivity index (χ0v) is 15.1. The first-order valence-electron chi connectivity index (χ1n) is 7.38. The zero-order chi connectivity index (χ0) is 17.4. The Hall–Kier alpha value is -1.89. The van der Waals surface area contributed by atoms with Crippen LogP contribution in [-0.2, 0) is 9.59 Å². The van der Waals surface area contributed by atoms with Gasteiger partial charge in [0.2, 0.25) is 5.91 Å². The molecule has 0 aliphatic carbocycles. The van der Waals surface area contributed by atoms with Crippen molar-refractivity contribution in [3.8, 4) is 0 Å². The Morgan fingerprint density at radius 1 is 1.13 bits per heavy atom. The summed E-state index contributed by atoms with van der Waals surface area (Å²) in [7, 11) is 0. The van der Waals surface area contributed by atoms with Crippen LogP contribution in [0.3, 0.4) is 0 Å². The lowest BCUT2D eigenvalue weighted by Crippen LogP contribution is -2.49. The number of benzene rings is 1. The van der Waals surface area contributed by atoms with Crippen LogP contribution in [0.15, 0.2) is 28.7 Å². The molecule has 0 heterocycles. The van der Waals surface area contributed by atoms with E-state index in [1.54, 1.807) is 24.3 Å². The van der Waals surface area contributed by atoms with Crippen molar-refractivity contribution in [3.05, 3.63) is 28.7 Å². The predicted octanol–water partition coefficient (Wildman–Crippen LogP) is 2.69. The van der Waals surface area contributed by atoms with Gasteiger partial charge in [0.05, 0.1) is 6.54 Å². The number of anilines is 1. The Labute approximate surface area is 144 Å². The highest BCUT2D eigenvalue weighted by Crippen LogP contribution is 2.14. The number of nitrogens with one attached hydrogen (secondary N) is 3. The molecule has 0 spiro atoms. The van der Waals surface area contributed by atoms with Crippen molar-refractivity contribution in [3.63, 3.8) is 0 Å². The van der Waals surface area contributed by atoms with Crippen LogP contribution in [0.1, 0.15) is 27.2 Å². The van der Waals surface area contributed by atoms with Crippen molar-refractivity contribution in [1.29, 1.82) is 0 Å². The summed E-state index contributed by atoms with van der Waals surface area (Å²) in [5, 5.41) is 7.85. The molecule has 0 aromatic heterocycles. The summed E-state index contributed by atoms with van der Waals surface area (Å²) < 4.78 is 0.907.